The van der Waals surface area contributed by atoms with Crippen molar-refractivity contribution in [3.8, 4) is 6.07 Å². The minimum atomic E-state index is 0.812. The third kappa shape index (κ3) is 3.41. The van der Waals surface area contributed by atoms with E-state index < -0.39 is 0 Å². The number of likely N-dealkylation sites (tertiary alicyclic amines) is 1. The minimum Gasteiger partial charge on any atom is -0.298 e. The molecule has 2 aromatic rings. The Bertz CT molecular complexity index is 674. The predicted molar refractivity (Wildman–Crippen MR) is 87.7 cm³/mol. The van der Waals surface area contributed by atoms with Gasteiger partial charge in [-0.15, -0.1) is 0 Å². The van der Waals surface area contributed by atoms with E-state index in [0.717, 1.165) is 43.6 Å². The van der Waals surface area contributed by atoms with Gasteiger partial charge in [0, 0.05) is 37.6 Å². The van der Waals surface area contributed by atoms with Crippen LogP contribution in [0, 0.1) is 11.3 Å². The molecule has 0 radical (unpaired) electrons. The highest BCUT2D eigenvalue weighted by Crippen LogP contribution is 2.26. The zero-order valence-corrected chi connectivity index (χ0v) is 12.6. The summed E-state index contributed by atoms with van der Waals surface area (Å²) >= 11 is 0. The van der Waals surface area contributed by atoms with Crippen LogP contribution in [0.4, 0.5) is 0 Å². The van der Waals surface area contributed by atoms with Crippen LogP contribution in [0.3, 0.4) is 0 Å². The van der Waals surface area contributed by atoms with Gasteiger partial charge in [-0.3, -0.25) is 9.88 Å². The Kier molecular flexibility index (Phi) is 4.62. The van der Waals surface area contributed by atoms with Gasteiger partial charge in [0.05, 0.1) is 11.6 Å². The number of nitrogens with zero attached hydrogens (tertiary/aromatic N) is 3. The van der Waals surface area contributed by atoms with Gasteiger partial charge >= 0.3 is 0 Å². The predicted octanol–water partition coefficient (Wildman–Crippen LogP) is 3.65. The van der Waals surface area contributed by atoms with Crippen LogP contribution in [0.5, 0.6) is 0 Å². The molecule has 0 amide bonds. The SMILES string of the molecule is N#CC(=C1CCN(Cc2ccccc2)CC1)c1cccnc1. The average Bonchev–Trinajstić information content (AvgIpc) is 2.59. The first-order valence-electron chi connectivity index (χ1n) is 7.65. The highest BCUT2D eigenvalue weighted by molar-refractivity contribution is 5.79. The van der Waals surface area contributed by atoms with E-state index in [9.17, 15) is 5.26 Å². The quantitative estimate of drug-likeness (QED) is 0.810. The van der Waals surface area contributed by atoms with E-state index in [1.54, 1.807) is 12.4 Å². The molecule has 1 aliphatic rings. The van der Waals surface area contributed by atoms with Crippen molar-refractivity contribution in [1.82, 2.24) is 9.88 Å². The van der Waals surface area contributed by atoms with Crippen LogP contribution in [0.2, 0.25) is 0 Å². The van der Waals surface area contributed by atoms with Crippen molar-refractivity contribution < 1.29 is 0 Å². The third-order valence-electron chi connectivity index (χ3n) is 4.12. The molecular weight excluding hydrogens is 270 g/mol. The number of benzene rings is 1. The van der Waals surface area contributed by atoms with Crippen LogP contribution in [0.1, 0.15) is 24.0 Å². The van der Waals surface area contributed by atoms with E-state index in [-0.39, 0.29) is 0 Å². The Balaban J connectivity index is 1.68. The van der Waals surface area contributed by atoms with E-state index in [4.69, 9.17) is 0 Å². The molecule has 0 atom stereocenters. The highest BCUT2D eigenvalue weighted by atomic mass is 15.1. The summed E-state index contributed by atoms with van der Waals surface area (Å²) in [7, 11) is 0. The summed E-state index contributed by atoms with van der Waals surface area (Å²) in [5.41, 5.74) is 4.37. The summed E-state index contributed by atoms with van der Waals surface area (Å²) in [6.07, 6.45) is 5.45. The highest BCUT2D eigenvalue weighted by Gasteiger charge is 2.18. The average molecular weight is 289 g/mol. The van der Waals surface area contributed by atoms with E-state index in [1.807, 2.05) is 18.2 Å². The molecule has 0 spiro atoms. The van der Waals surface area contributed by atoms with Crippen LogP contribution < -0.4 is 0 Å². The molecule has 1 aliphatic heterocycles. The van der Waals surface area contributed by atoms with Gasteiger partial charge in [0.2, 0.25) is 0 Å². The van der Waals surface area contributed by atoms with Gasteiger partial charge in [-0.2, -0.15) is 5.26 Å². The lowest BCUT2D eigenvalue weighted by molar-refractivity contribution is 0.249. The zero-order valence-electron chi connectivity index (χ0n) is 12.6. The number of aromatic nitrogens is 1. The van der Waals surface area contributed by atoms with Crippen LogP contribution in [0.15, 0.2) is 60.4 Å². The Morgan fingerprint density at radius 2 is 1.86 bits per heavy atom. The maximum absolute atomic E-state index is 9.48. The second kappa shape index (κ2) is 7.02. The fourth-order valence-corrected chi connectivity index (χ4v) is 2.93. The van der Waals surface area contributed by atoms with Gasteiger partial charge in [-0.05, 0) is 30.0 Å². The molecule has 3 heteroatoms. The first-order valence-corrected chi connectivity index (χ1v) is 7.65. The molecule has 0 N–H and O–H groups in total. The van der Waals surface area contributed by atoms with Crippen molar-refractivity contribution >= 4 is 5.57 Å². The van der Waals surface area contributed by atoms with Gasteiger partial charge in [0.15, 0.2) is 0 Å². The molecule has 0 unspecified atom stereocenters. The summed E-state index contributed by atoms with van der Waals surface area (Å²) in [4.78, 5) is 6.58. The summed E-state index contributed by atoms with van der Waals surface area (Å²) in [5, 5.41) is 9.48. The monoisotopic (exact) mass is 289 g/mol. The number of piperidine rings is 1. The number of hydrogen-bond donors (Lipinski definition) is 0. The Hall–Kier alpha value is -2.44. The number of hydrogen-bond acceptors (Lipinski definition) is 3. The Morgan fingerprint density at radius 1 is 1.09 bits per heavy atom. The van der Waals surface area contributed by atoms with Crippen LogP contribution in [-0.4, -0.2) is 23.0 Å². The third-order valence-corrected chi connectivity index (χ3v) is 4.12. The molecule has 0 aliphatic carbocycles. The molecule has 1 aromatic carbocycles. The van der Waals surface area contributed by atoms with Gasteiger partial charge in [0.1, 0.15) is 0 Å². The van der Waals surface area contributed by atoms with E-state index >= 15 is 0 Å². The van der Waals surface area contributed by atoms with Crippen molar-refractivity contribution in [3.05, 3.63) is 71.6 Å². The van der Waals surface area contributed by atoms with Crippen molar-refractivity contribution in [2.45, 2.75) is 19.4 Å². The smallest absolute Gasteiger partial charge is 0.0998 e. The molecule has 1 fully saturated rings. The Morgan fingerprint density at radius 3 is 2.50 bits per heavy atom. The van der Waals surface area contributed by atoms with Crippen molar-refractivity contribution in [2.24, 2.45) is 0 Å². The second-order valence-electron chi connectivity index (χ2n) is 5.59. The lowest BCUT2D eigenvalue weighted by atomic mass is 9.94. The first kappa shape index (κ1) is 14.5. The topological polar surface area (TPSA) is 39.9 Å². The van der Waals surface area contributed by atoms with Gasteiger partial charge < -0.3 is 0 Å². The first-order chi connectivity index (χ1) is 10.9. The maximum Gasteiger partial charge on any atom is 0.0998 e. The second-order valence-corrected chi connectivity index (χ2v) is 5.59. The van der Waals surface area contributed by atoms with Gasteiger partial charge in [-0.25, -0.2) is 0 Å². The Labute approximate surface area is 131 Å². The number of nitriles is 1. The normalized spacial score (nSPS) is 15.3. The largest absolute Gasteiger partial charge is 0.298 e. The number of pyridine rings is 1. The standard InChI is InChI=1S/C19H19N3/c20-13-19(18-7-4-10-21-14-18)17-8-11-22(12-9-17)15-16-5-2-1-3-6-16/h1-7,10,14H,8-9,11-12,15H2. The molecular formula is C19H19N3. The molecule has 3 nitrogen and oxygen atoms in total. The molecule has 110 valence electrons. The van der Waals surface area contributed by atoms with Crippen LogP contribution in [0.25, 0.3) is 5.57 Å². The van der Waals surface area contributed by atoms with Crippen molar-refractivity contribution in [3.63, 3.8) is 0 Å². The molecule has 0 bridgehead atoms. The summed E-state index contributed by atoms with van der Waals surface area (Å²) in [6.45, 7) is 3.01. The summed E-state index contributed by atoms with van der Waals surface area (Å²) in [5.74, 6) is 0. The number of allylic oxidation sites excluding steroid dienone is 1. The molecule has 3 rings (SSSR count). The number of rotatable bonds is 3. The van der Waals surface area contributed by atoms with Crippen LogP contribution in [-0.2, 0) is 6.54 Å². The zero-order chi connectivity index (χ0) is 15.2. The van der Waals surface area contributed by atoms with Crippen LogP contribution >= 0.6 is 0 Å². The molecule has 22 heavy (non-hydrogen) atoms. The molecule has 0 saturated carbocycles. The fourth-order valence-electron chi connectivity index (χ4n) is 2.93. The molecule has 2 heterocycles. The van der Waals surface area contributed by atoms with Gasteiger partial charge in [-0.1, -0.05) is 36.4 Å². The summed E-state index contributed by atoms with van der Waals surface area (Å²) in [6, 6.07) is 16.8. The fraction of sp³-hybridized carbons (Fsp3) is 0.263. The van der Waals surface area contributed by atoms with Crippen molar-refractivity contribution in [1.29, 1.82) is 5.26 Å². The van der Waals surface area contributed by atoms with E-state index in [2.05, 4.69) is 40.2 Å². The molecule has 1 saturated heterocycles. The minimum absolute atomic E-state index is 0.812. The van der Waals surface area contributed by atoms with E-state index in [1.165, 1.54) is 11.1 Å². The lowest BCUT2D eigenvalue weighted by Gasteiger charge is -2.29. The van der Waals surface area contributed by atoms with Gasteiger partial charge in [0.25, 0.3) is 0 Å². The molecule has 1 aromatic heterocycles. The lowest BCUT2D eigenvalue weighted by Crippen LogP contribution is -2.30. The maximum atomic E-state index is 9.48. The van der Waals surface area contributed by atoms with Crippen molar-refractivity contribution in [2.75, 3.05) is 13.1 Å². The van der Waals surface area contributed by atoms with E-state index in [0.29, 0.717) is 0 Å². The summed E-state index contributed by atoms with van der Waals surface area (Å²) < 4.78 is 0.